The SMILES string of the molecule is CN(CCOCCOCCOCCOCCOCCOCCOCCOCCOCCOCCOc1ccccc1)C(=O)OC(C)(C)C. The Morgan fingerprint density at radius 3 is 1.08 bits per heavy atom. The summed E-state index contributed by atoms with van der Waals surface area (Å²) in [7, 11) is 1.68. The summed E-state index contributed by atoms with van der Waals surface area (Å²) in [5, 5.41) is 0. The van der Waals surface area contributed by atoms with Crippen molar-refractivity contribution in [1.82, 2.24) is 4.90 Å². The number of carbonyl (C=O) groups excluding carboxylic acids is 1. The zero-order chi connectivity index (χ0) is 34.8. The second-order valence-electron chi connectivity index (χ2n) is 11.2. The van der Waals surface area contributed by atoms with Crippen LogP contribution in [0.3, 0.4) is 0 Å². The molecule has 1 rings (SSSR count). The highest BCUT2D eigenvalue weighted by Gasteiger charge is 2.19. The van der Waals surface area contributed by atoms with Gasteiger partial charge >= 0.3 is 6.09 Å². The number of nitrogens with zero attached hydrogens (tertiary/aromatic N) is 1. The third-order valence-electron chi connectivity index (χ3n) is 5.86. The fourth-order valence-corrected chi connectivity index (χ4v) is 3.45. The van der Waals surface area contributed by atoms with E-state index in [4.69, 9.17) is 56.8 Å². The molecule has 14 nitrogen and oxygen atoms in total. The Morgan fingerprint density at radius 1 is 0.479 bits per heavy atom. The standard InChI is InChI=1S/C34H61NO13/c1-34(2,3)48-33(36)35(4)10-11-37-12-13-38-14-15-39-16-17-40-18-19-41-20-21-42-22-23-43-24-25-44-26-27-45-28-29-46-30-31-47-32-8-6-5-7-9-32/h5-9H,10-31H2,1-4H3. The molecule has 0 aliphatic heterocycles. The second kappa shape index (κ2) is 32.1. The maximum atomic E-state index is 11.9. The number of rotatable bonds is 34. The van der Waals surface area contributed by atoms with Gasteiger partial charge in [-0.1, -0.05) is 18.2 Å². The molecule has 0 saturated heterocycles. The van der Waals surface area contributed by atoms with Gasteiger partial charge in [-0.25, -0.2) is 4.79 Å². The van der Waals surface area contributed by atoms with Crippen LogP contribution in [-0.2, 0) is 52.1 Å². The highest BCUT2D eigenvalue weighted by Crippen LogP contribution is 2.09. The lowest BCUT2D eigenvalue weighted by Crippen LogP contribution is -2.36. The molecule has 1 aromatic carbocycles. The first-order valence-electron chi connectivity index (χ1n) is 16.8. The van der Waals surface area contributed by atoms with Crippen molar-refractivity contribution in [2.45, 2.75) is 26.4 Å². The van der Waals surface area contributed by atoms with Crippen LogP contribution in [0.4, 0.5) is 4.79 Å². The molecule has 0 spiro atoms. The van der Waals surface area contributed by atoms with Gasteiger partial charge in [-0.05, 0) is 32.9 Å². The predicted molar refractivity (Wildman–Crippen MR) is 179 cm³/mol. The van der Waals surface area contributed by atoms with Crippen LogP contribution in [-0.4, -0.2) is 169 Å². The van der Waals surface area contributed by atoms with Crippen LogP contribution in [0.2, 0.25) is 0 Å². The number of benzene rings is 1. The van der Waals surface area contributed by atoms with Crippen molar-refractivity contribution < 1.29 is 61.6 Å². The highest BCUT2D eigenvalue weighted by atomic mass is 16.6. The van der Waals surface area contributed by atoms with Gasteiger partial charge in [0.05, 0.1) is 132 Å². The lowest BCUT2D eigenvalue weighted by molar-refractivity contribution is -0.0269. The van der Waals surface area contributed by atoms with Crippen molar-refractivity contribution in [2.24, 2.45) is 0 Å². The summed E-state index contributed by atoms with van der Waals surface area (Å²) < 4.78 is 65.6. The molecule has 0 bridgehead atoms. The van der Waals surface area contributed by atoms with Gasteiger partial charge in [-0.2, -0.15) is 0 Å². The minimum Gasteiger partial charge on any atom is -0.491 e. The first-order chi connectivity index (χ1) is 23.4. The molecule has 1 amide bonds. The van der Waals surface area contributed by atoms with Crippen molar-refractivity contribution in [3.05, 3.63) is 30.3 Å². The quantitative estimate of drug-likeness (QED) is 0.0983. The molecule has 14 heteroatoms. The highest BCUT2D eigenvalue weighted by molar-refractivity contribution is 5.67. The molecule has 0 aromatic heterocycles. The van der Waals surface area contributed by atoms with Crippen molar-refractivity contribution in [2.75, 3.05) is 152 Å². The number of hydrogen-bond donors (Lipinski definition) is 0. The van der Waals surface area contributed by atoms with Crippen LogP contribution in [0.5, 0.6) is 5.75 Å². The topological polar surface area (TPSA) is 131 Å². The largest absolute Gasteiger partial charge is 0.491 e. The van der Waals surface area contributed by atoms with E-state index in [0.29, 0.717) is 145 Å². The lowest BCUT2D eigenvalue weighted by atomic mass is 10.2. The molecule has 0 N–H and O–H groups in total. The number of ether oxygens (including phenoxy) is 12. The molecule has 0 atom stereocenters. The molecule has 0 saturated carbocycles. The van der Waals surface area contributed by atoms with E-state index in [1.807, 2.05) is 51.1 Å². The Bertz CT molecular complexity index is 829. The molecule has 0 aliphatic carbocycles. The van der Waals surface area contributed by atoms with Gasteiger partial charge in [0, 0.05) is 13.6 Å². The van der Waals surface area contributed by atoms with Crippen LogP contribution in [0, 0.1) is 0 Å². The smallest absolute Gasteiger partial charge is 0.410 e. The summed E-state index contributed by atoms with van der Waals surface area (Å²) >= 11 is 0. The molecule has 0 heterocycles. The van der Waals surface area contributed by atoms with Crippen molar-refractivity contribution in [3.63, 3.8) is 0 Å². The first kappa shape index (κ1) is 43.9. The first-order valence-corrected chi connectivity index (χ1v) is 16.8. The Labute approximate surface area is 287 Å². The Morgan fingerprint density at radius 2 is 0.771 bits per heavy atom. The number of hydrogen-bond acceptors (Lipinski definition) is 13. The Kier molecular flexibility index (Phi) is 29.4. The van der Waals surface area contributed by atoms with Crippen LogP contribution in [0.25, 0.3) is 0 Å². The minimum atomic E-state index is -0.510. The maximum absolute atomic E-state index is 11.9. The monoisotopic (exact) mass is 691 g/mol. The van der Waals surface area contributed by atoms with Gasteiger partial charge in [0.25, 0.3) is 0 Å². The Balaban J connectivity index is 1.65. The van der Waals surface area contributed by atoms with Gasteiger partial charge in [0.15, 0.2) is 0 Å². The minimum absolute atomic E-state index is 0.364. The lowest BCUT2D eigenvalue weighted by Gasteiger charge is -2.24. The van der Waals surface area contributed by atoms with Crippen molar-refractivity contribution >= 4 is 6.09 Å². The third-order valence-corrected chi connectivity index (χ3v) is 5.86. The number of para-hydroxylation sites is 1. The zero-order valence-electron chi connectivity index (χ0n) is 29.7. The molecule has 0 fully saturated rings. The molecule has 280 valence electrons. The van der Waals surface area contributed by atoms with E-state index in [2.05, 4.69) is 0 Å². The number of carbonyl (C=O) groups is 1. The van der Waals surface area contributed by atoms with E-state index in [0.717, 1.165) is 5.75 Å². The van der Waals surface area contributed by atoms with Gasteiger partial charge in [0.2, 0.25) is 0 Å². The van der Waals surface area contributed by atoms with E-state index in [1.54, 1.807) is 7.05 Å². The van der Waals surface area contributed by atoms with Gasteiger partial charge in [-0.15, -0.1) is 0 Å². The summed E-state index contributed by atoms with van der Waals surface area (Å²) in [6.45, 7) is 16.3. The van der Waals surface area contributed by atoms with E-state index >= 15 is 0 Å². The van der Waals surface area contributed by atoms with Gasteiger partial charge < -0.3 is 61.7 Å². The van der Waals surface area contributed by atoms with E-state index in [1.165, 1.54) is 4.90 Å². The van der Waals surface area contributed by atoms with Crippen molar-refractivity contribution in [1.29, 1.82) is 0 Å². The summed E-state index contributed by atoms with van der Waals surface area (Å²) in [4.78, 5) is 13.3. The predicted octanol–water partition coefficient (Wildman–Crippen LogP) is 3.10. The average Bonchev–Trinajstić information content (AvgIpc) is 3.06. The van der Waals surface area contributed by atoms with Crippen LogP contribution in [0.1, 0.15) is 20.8 Å². The molecular weight excluding hydrogens is 630 g/mol. The Hall–Kier alpha value is -2.11. The summed E-state index contributed by atoms with van der Waals surface area (Å²) in [6, 6.07) is 9.66. The van der Waals surface area contributed by atoms with E-state index < -0.39 is 5.60 Å². The molecule has 0 radical (unpaired) electrons. The summed E-state index contributed by atoms with van der Waals surface area (Å²) in [6.07, 6.45) is -0.364. The number of amides is 1. The second-order valence-corrected chi connectivity index (χ2v) is 11.2. The van der Waals surface area contributed by atoms with E-state index in [-0.39, 0.29) is 6.09 Å². The average molecular weight is 692 g/mol. The fourth-order valence-electron chi connectivity index (χ4n) is 3.45. The van der Waals surface area contributed by atoms with Gasteiger partial charge in [-0.3, -0.25) is 0 Å². The van der Waals surface area contributed by atoms with Gasteiger partial charge in [0.1, 0.15) is 18.0 Å². The van der Waals surface area contributed by atoms with Crippen LogP contribution < -0.4 is 4.74 Å². The molecular formula is C34H61NO13. The van der Waals surface area contributed by atoms with Crippen LogP contribution in [0.15, 0.2) is 30.3 Å². The zero-order valence-corrected chi connectivity index (χ0v) is 29.7. The normalized spacial score (nSPS) is 11.6. The molecule has 0 unspecified atom stereocenters. The van der Waals surface area contributed by atoms with Crippen molar-refractivity contribution in [3.8, 4) is 5.75 Å². The van der Waals surface area contributed by atoms with Crippen LogP contribution >= 0.6 is 0 Å². The molecule has 0 aliphatic rings. The van der Waals surface area contributed by atoms with E-state index in [9.17, 15) is 4.79 Å². The third kappa shape index (κ3) is 31.2. The summed E-state index contributed by atoms with van der Waals surface area (Å²) in [5.74, 6) is 0.841. The fraction of sp³-hybridized carbons (Fsp3) is 0.794. The number of likely N-dealkylation sites (N-methyl/N-ethyl adjacent to an activating group) is 1. The molecule has 48 heavy (non-hydrogen) atoms. The molecule has 1 aromatic rings. The summed E-state index contributed by atoms with van der Waals surface area (Å²) in [5.41, 5.74) is -0.510. The maximum Gasteiger partial charge on any atom is 0.410 e.